The molecule has 0 saturated carbocycles. The molecule has 1 aromatic heterocycles. The summed E-state index contributed by atoms with van der Waals surface area (Å²) < 4.78 is 41.8. The molecule has 1 aromatic rings. The topological polar surface area (TPSA) is 67.0 Å². The molecule has 102 valence electrons. The molecule has 1 amide bonds. The molecule has 8 heteroatoms. The molecule has 0 radical (unpaired) electrons. The molecule has 5 nitrogen and oxygen atoms in total. The van der Waals surface area contributed by atoms with Crippen molar-refractivity contribution < 1.29 is 22.7 Å². The van der Waals surface area contributed by atoms with Gasteiger partial charge < -0.3 is 10.1 Å². The van der Waals surface area contributed by atoms with Crippen LogP contribution in [0.3, 0.4) is 0 Å². The highest BCUT2D eigenvalue weighted by Gasteiger charge is 2.33. The Bertz CT molecular complexity index is 390. The number of rotatable bonds is 6. The summed E-state index contributed by atoms with van der Waals surface area (Å²) >= 11 is 0. The maximum absolute atomic E-state index is 12.2. The van der Waals surface area contributed by atoms with E-state index in [0.717, 1.165) is 0 Å². The largest absolute Gasteiger partial charge is 0.432 e. The van der Waals surface area contributed by atoms with Crippen molar-refractivity contribution in [2.24, 2.45) is 0 Å². The number of carbonyl (C=O) groups excluding carboxylic acids is 1. The SMILES string of the molecule is CCOCCCNC(=O)c1cc(C(F)(F)F)[nH]n1. The van der Waals surface area contributed by atoms with Crippen LogP contribution in [0.2, 0.25) is 0 Å². The first-order valence-corrected chi connectivity index (χ1v) is 5.43. The molecular formula is C10H14F3N3O2. The number of aromatic nitrogens is 2. The Morgan fingerprint density at radius 1 is 1.56 bits per heavy atom. The highest BCUT2D eigenvalue weighted by Crippen LogP contribution is 2.27. The van der Waals surface area contributed by atoms with Gasteiger partial charge in [-0.15, -0.1) is 0 Å². The fourth-order valence-electron chi connectivity index (χ4n) is 1.19. The van der Waals surface area contributed by atoms with Crippen molar-refractivity contribution >= 4 is 5.91 Å². The van der Waals surface area contributed by atoms with Crippen LogP contribution in [-0.2, 0) is 10.9 Å². The first-order valence-electron chi connectivity index (χ1n) is 5.43. The Morgan fingerprint density at radius 2 is 2.28 bits per heavy atom. The number of carbonyl (C=O) groups is 1. The summed E-state index contributed by atoms with van der Waals surface area (Å²) in [6, 6.07) is 0.678. The minimum absolute atomic E-state index is 0.279. The van der Waals surface area contributed by atoms with E-state index in [2.05, 4.69) is 10.4 Å². The van der Waals surface area contributed by atoms with Crippen molar-refractivity contribution in [2.45, 2.75) is 19.5 Å². The van der Waals surface area contributed by atoms with Crippen molar-refractivity contribution in [1.29, 1.82) is 0 Å². The highest BCUT2D eigenvalue weighted by atomic mass is 19.4. The van der Waals surface area contributed by atoms with Gasteiger partial charge in [-0.2, -0.15) is 18.3 Å². The smallest absolute Gasteiger partial charge is 0.382 e. The van der Waals surface area contributed by atoms with Crippen LogP contribution in [0.4, 0.5) is 13.2 Å². The summed E-state index contributed by atoms with van der Waals surface area (Å²) in [5.74, 6) is -0.641. The lowest BCUT2D eigenvalue weighted by molar-refractivity contribution is -0.141. The summed E-state index contributed by atoms with van der Waals surface area (Å²) in [6.45, 7) is 3.25. The summed E-state index contributed by atoms with van der Waals surface area (Å²) in [7, 11) is 0. The molecule has 0 atom stereocenters. The van der Waals surface area contributed by atoms with Crippen LogP contribution in [0.15, 0.2) is 6.07 Å². The molecule has 0 unspecified atom stereocenters. The number of alkyl halides is 3. The standard InChI is InChI=1S/C10H14F3N3O2/c1-2-18-5-3-4-14-9(17)7-6-8(16-15-7)10(11,12)13/h6H,2-5H2,1H3,(H,14,17)(H,15,16). The quantitative estimate of drug-likeness (QED) is 0.767. The molecule has 2 N–H and O–H groups in total. The summed E-state index contributed by atoms with van der Waals surface area (Å²) in [5, 5.41) is 7.54. The number of H-pyrrole nitrogens is 1. The van der Waals surface area contributed by atoms with E-state index in [1.165, 1.54) is 0 Å². The second-order valence-electron chi connectivity index (χ2n) is 3.47. The Balaban J connectivity index is 2.40. The van der Waals surface area contributed by atoms with Crippen LogP contribution >= 0.6 is 0 Å². The Hall–Kier alpha value is -1.57. The van der Waals surface area contributed by atoms with Crippen molar-refractivity contribution in [3.05, 3.63) is 17.5 Å². The van der Waals surface area contributed by atoms with Crippen molar-refractivity contribution in [2.75, 3.05) is 19.8 Å². The van der Waals surface area contributed by atoms with Gasteiger partial charge in [0.05, 0.1) is 0 Å². The molecule has 0 aliphatic heterocycles. The van der Waals surface area contributed by atoms with Gasteiger partial charge in [-0.25, -0.2) is 0 Å². The normalized spacial score (nSPS) is 11.6. The number of aromatic amines is 1. The minimum Gasteiger partial charge on any atom is -0.382 e. The van der Waals surface area contributed by atoms with Gasteiger partial charge in [0.25, 0.3) is 5.91 Å². The van der Waals surface area contributed by atoms with E-state index in [-0.39, 0.29) is 5.69 Å². The van der Waals surface area contributed by atoms with Gasteiger partial charge in [-0.3, -0.25) is 9.89 Å². The fourth-order valence-corrected chi connectivity index (χ4v) is 1.19. The van der Waals surface area contributed by atoms with Gasteiger partial charge in [-0.05, 0) is 13.3 Å². The Morgan fingerprint density at radius 3 is 2.83 bits per heavy atom. The van der Waals surface area contributed by atoms with Crippen molar-refractivity contribution in [3.63, 3.8) is 0 Å². The summed E-state index contributed by atoms with van der Waals surface area (Å²) in [5.41, 5.74) is -1.32. The van der Waals surface area contributed by atoms with Crippen LogP contribution in [0.5, 0.6) is 0 Å². The molecule has 0 spiro atoms. The van der Waals surface area contributed by atoms with Crippen LogP contribution in [0, 0.1) is 0 Å². The third-order valence-electron chi connectivity index (χ3n) is 2.07. The number of amides is 1. The van der Waals surface area contributed by atoms with Gasteiger partial charge >= 0.3 is 6.18 Å². The fraction of sp³-hybridized carbons (Fsp3) is 0.600. The second kappa shape index (κ2) is 6.39. The van der Waals surface area contributed by atoms with Gasteiger partial charge in [-0.1, -0.05) is 0 Å². The maximum Gasteiger partial charge on any atom is 0.432 e. The van der Waals surface area contributed by atoms with Gasteiger partial charge in [0.2, 0.25) is 0 Å². The first-order chi connectivity index (χ1) is 8.45. The van der Waals surface area contributed by atoms with Crippen LogP contribution in [-0.4, -0.2) is 35.9 Å². The van der Waals surface area contributed by atoms with E-state index in [9.17, 15) is 18.0 Å². The molecule has 1 heterocycles. The van der Waals surface area contributed by atoms with E-state index in [1.807, 2.05) is 6.92 Å². The summed E-state index contributed by atoms with van der Waals surface area (Å²) in [6.07, 6.45) is -3.93. The predicted molar refractivity (Wildman–Crippen MR) is 57.0 cm³/mol. The predicted octanol–water partition coefficient (Wildman–Crippen LogP) is 1.58. The zero-order chi connectivity index (χ0) is 13.6. The average molecular weight is 265 g/mol. The number of ether oxygens (including phenoxy) is 1. The van der Waals surface area contributed by atoms with E-state index in [0.29, 0.717) is 32.2 Å². The highest BCUT2D eigenvalue weighted by molar-refractivity contribution is 5.92. The number of hydrogen-bond acceptors (Lipinski definition) is 3. The lowest BCUT2D eigenvalue weighted by Crippen LogP contribution is -2.25. The second-order valence-corrected chi connectivity index (χ2v) is 3.47. The molecule has 18 heavy (non-hydrogen) atoms. The van der Waals surface area contributed by atoms with E-state index in [4.69, 9.17) is 4.74 Å². The number of halogens is 3. The Labute approximate surface area is 102 Å². The van der Waals surface area contributed by atoms with Crippen LogP contribution < -0.4 is 5.32 Å². The maximum atomic E-state index is 12.2. The number of hydrogen-bond donors (Lipinski definition) is 2. The molecule has 1 rings (SSSR count). The third-order valence-corrected chi connectivity index (χ3v) is 2.07. The van der Waals surface area contributed by atoms with Gasteiger partial charge in [0.15, 0.2) is 5.69 Å². The minimum atomic E-state index is -4.53. The van der Waals surface area contributed by atoms with E-state index in [1.54, 1.807) is 5.10 Å². The molecule has 0 bridgehead atoms. The zero-order valence-electron chi connectivity index (χ0n) is 9.80. The number of nitrogens with one attached hydrogen (secondary N) is 2. The molecular weight excluding hydrogens is 251 g/mol. The van der Waals surface area contributed by atoms with Gasteiger partial charge in [0, 0.05) is 25.8 Å². The van der Waals surface area contributed by atoms with Crippen molar-refractivity contribution in [3.8, 4) is 0 Å². The molecule has 0 aliphatic carbocycles. The van der Waals surface area contributed by atoms with Crippen LogP contribution in [0.25, 0.3) is 0 Å². The Kier molecular flexibility index (Phi) is 5.14. The summed E-state index contributed by atoms with van der Waals surface area (Å²) in [4.78, 5) is 11.4. The molecule has 0 aromatic carbocycles. The number of nitrogens with zero attached hydrogens (tertiary/aromatic N) is 1. The average Bonchev–Trinajstić information content (AvgIpc) is 2.77. The molecule has 0 aliphatic rings. The van der Waals surface area contributed by atoms with E-state index < -0.39 is 17.8 Å². The first kappa shape index (κ1) is 14.5. The zero-order valence-corrected chi connectivity index (χ0v) is 9.80. The van der Waals surface area contributed by atoms with Crippen LogP contribution in [0.1, 0.15) is 29.5 Å². The van der Waals surface area contributed by atoms with Gasteiger partial charge in [0.1, 0.15) is 5.69 Å². The lowest BCUT2D eigenvalue weighted by atomic mass is 10.3. The monoisotopic (exact) mass is 265 g/mol. The van der Waals surface area contributed by atoms with E-state index >= 15 is 0 Å². The van der Waals surface area contributed by atoms with Crippen molar-refractivity contribution in [1.82, 2.24) is 15.5 Å². The molecule has 0 saturated heterocycles. The lowest BCUT2D eigenvalue weighted by Gasteiger charge is -2.03. The molecule has 0 fully saturated rings. The third kappa shape index (κ3) is 4.36.